The zero-order valence-electron chi connectivity index (χ0n) is 23.7. The van der Waals surface area contributed by atoms with Gasteiger partial charge in [0.25, 0.3) is 5.91 Å². The first-order valence-electron chi connectivity index (χ1n) is 14.2. The summed E-state index contributed by atoms with van der Waals surface area (Å²) in [6.45, 7) is 3.70. The van der Waals surface area contributed by atoms with Crippen LogP contribution in [-0.4, -0.2) is 51.6 Å². The molecule has 0 aliphatic carbocycles. The highest BCUT2D eigenvalue weighted by molar-refractivity contribution is 5.96. The molecular formula is C31H32F3N3O6. The van der Waals surface area contributed by atoms with Crippen molar-refractivity contribution in [2.24, 2.45) is 0 Å². The van der Waals surface area contributed by atoms with Crippen molar-refractivity contribution in [3.8, 4) is 5.75 Å². The van der Waals surface area contributed by atoms with Gasteiger partial charge in [0.15, 0.2) is 17.7 Å². The Labute approximate surface area is 245 Å². The summed E-state index contributed by atoms with van der Waals surface area (Å²) in [5, 5.41) is 13.7. The Morgan fingerprint density at radius 2 is 1.86 bits per heavy atom. The molecule has 3 aliphatic heterocycles. The Kier molecular flexibility index (Phi) is 7.80. The number of hydrogen-bond acceptors (Lipinski definition) is 7. The number of aliphatic hydroxyl groups is 1. The molecule has 2 N–H and O–H groups in total. The number of hydrogen-bond donors (Lipinski definition) is 2. The largest absolute Gasteiger partial charge is 0.483 e. The minimum absolute atomic E-state index is 0.0278. The monoisotopic (exact) mass is 599 g/mol. The van der Waals surface area contributed by atoms with Crippen LogP contribution in [0.25, 0.3) is 0 Å². The van der Waals surface area contributed by atoms with Crippen molar-refractivity contribution >= 4 is 5.91 Å². The highest BCUT2D eigenvalue weighted by atomic mass is 19.1. The van der Waals surface area contributed by atoms with Gasteiger partial charge in [-0.15, -0.1) is 0 Å². The van der Waals surface area contributed by atoms with Gasteiger partial charge in [-0.05, 0) is 32.3 Å². The Morgan fingerprint density at radius 1 is 1.14 bits per heavy atom. The molecule has 2 bridgehead atoms. The van der Waals surface area contributed by atoms with E-state index < -0.39 is 65.1 Å². The van der Waals surface area contributed by atoms with Crippen LogP contribution in [0.15, 0.2) is 53.5 Å². The maximum atomic E-state index is 14.3. The van der Waals surface area contributed by atoms with Gasteiger partial charge in [-0.25, -0.2) is 13.2 Å². The Bertz CT molecular complexity index is 1580. The van der Waals surface area contributed by atoms with E-state index in [4.69, 9.17) is 14.2 Å². The van der Waals surface area contributed by atoms with Crippen molar-refractivity contribution in [2.45, 2.75) is 70.0 Å². The van der Waals surface area contributed by atoms with E-state index in [1.165, 1.54) is 6.20 Å². The van der Waals surface area contributed by atoms with Gasteiger partial charge in [0.2, 0.25) is 5.43 Å². The van der Waals surface area contributed by atoms with E-state index >= 15 is 0 Å². The fraction of sp³-hybridized carbons (Fsp3) is 0.419. The topological polar surface area (TPSA) is 102 Å². The maximum absolute atomic E-state index is 14.3. The summed E-state index contributed by atoms with van der Waals surface area (Å²) >= 11 is 0. The fourth-order valence-electron chi connectivity index (χ4n) is 6.22. The second-order valence-electron chi connectivity index (χ2n) is 11.3. The van der Waals surface area contributed by atoms with Gasteiger partial charge in [0.05, 0.1) is 18.2 Å². The number of pyridine rings is 1. The molecule has 2 saturated heterocycles. The third kappa shape index (κ3) is 5.33. The molecule has 0 saturated carbocycles. The van der Waals surface area contributed by atoms with Gasteiger partial charge in [-0.1, -0.05) is 30.3 Å². The number of amides is 1. The quantitative estimate of drug-likeness (QED) is 0.397. The zero-order valence-corrected chi connectivity index (χ0v) is 23.7. The molecule has 9 nitrogen and oxygen atoms in total. The van der Waals surface area contributed by atoms with Crippen LogP contribution in [0.3, 0.4) is 0 Å². The third-order valence-electron chi connectivity index (χ3n) is 8.57. The number of nitrogens with zero attached hydrogens (tertiary/aromatic N) is 2. The fourth-order valence-corrected chi connectivity index (χ4v) is 6.22. The first kappa shape index (κ1) is 29.4. The molecule has 2 aromatic carbocycles. The molecule has 3 aromatic rings. The molecule has 3 unspecified atom stereocenters. The first-order chi connectivity index (χ1) is 20.6. The molecule has 3 aliphatic rings. The maximum Gasteiger partial charge on any atom is 0.274 e. The highest BCUT2D eigenvalue weighted by Crippen LogP contribution is 2.45. The van der Waals surface area contributed by atoms with E-state index in [1.54, 1.807) is 16.4 Å². The van der Waals surface area contributed by atoms with Crippen LogP contribution in [0.2, 0.25) is 0 Å². The average molecular weight is 600 g/mol. The summed E-state index contributed by atoms with van der Waals surface area (Å²) in [5.74, 6) is -4.00. The second kappa shape index (κ2) is 11.4. The molecule has 43 heavy (non-hydrogen) atoms. The second-order valence-corrected chi connectivity index (χ2v) is 11.3. The summed E-state index contributed by atoms with van der Waals surface area (Å²) < 4.78 is 61.9. The lowest BCUT2D eigenvalue weighted by Crippen LogP contribution is -2.53. The van der Waals surface area contributed by atoms with Crippen molar-refractivity contribution in [2.75, 3.05) is 13.2 Å². The molecule has 1 amide bonds. The number of rotatable bonds is 7. The number of aliphatic hydroxyl groups excluding tert-OH is 1. The van der Waals surface area contributed by atoms with Gasteiger partial charge >= 0.3 is 0 Å². The molecule has 1 spiro atoms. The third-order valence-corrected chi connectivity index (χ3v) is 8.57. The van der Waals surface area contributed by atoms with Gasteiger partial charge in [0.1, 0.15) is 35.9 Å². The lowest BCUT2D eigenvalue weighted by Gasteiger charge is -2.42. The SMILES string of the molecule is CC1OC[C@]2(CC[C@H](C)N3CC2n2cc(C(O)NCc4c(F)cc(F)cc4F)c(=O)c(OCc4ccccc4)c2C3=O)O1. The first-order valence-corrected chi connectivity index (χ1v) is 14.2. The van der Waals surface area contributed by atoms with Crippen LogP contribution < -0.4 is 15.5 Å². The van der Waals surface area contributed by atoms with E-state index in [0.29, 0.717) is 25.0 Å². The number of carbonyl (C=O) groups is 1. The average Bonchev–Trinajstić information content (AvgIpc) is 3.30. The van der Waals surface area contributed by atoms with Gasteiger partial charge < -0.3 is 28.8 Å². The van der Waals surface area contributed by atoms with Crippen molar-refractivity contribution in [3.63, 3.8) is 0 Å². The number of ether oxygens (including phenoxy) is 3. The van der Waals surface area contributed by atoms with Crippen LogP contribution in [0.4, 0.5) is 13.2 Å². The zero-order chi connectivity index (χ0) is 30.5. The van der Waals surface area contributed by atoms with E-state index in [-0.39, 0.29) is 42.8 Å². The van der Waals surface area contributed by atoms with Gasteiger partial charge in [0, 0.05) is 43.0 Å². The predicted octanol–water partition coefficient (Wildman–Crippen LogP) is 3.94. The Balaban J connectivity index is 1.45. The molecule has 228 valence electrons. The molecule has 6 rings (SSSR count). The lowest BCUT2D eigenvalue weighted by molar-refractivity contribution is -0.0989. The van der Waals surface area contributed by atoms with Crippen LogP contribution in [0.5, 0.6) is 5.75 Å². The van der Waals surface area contributed by atoms with Crippen molar-refractivity contribution < 1.29 is 37.3 Å². The minimum atomic E-state index is -1.72. The Hall–Kier alpha value is -3.71. The Morgan fingerprint density at radius 3 is 2.53 bits per heavy atom. The molecule has 2 fully saturated rings. The summed E-state index contributed by atoms with van der Waals surface area (Å²) in [6, 6.07) is 9.51. The smallest absolute Gasteiger partial charge is 0.274 e. The van der Waals surface area contributed by atoms with Crippen molar-refractivity contribution in [1.29, 1.82) is 0 Å². The summed E-state index contributed by atoms with van der Waals surface area (Å²) in [7, 11) is 0. The molecule has 12 heteroatoms. The lowest BCUT2D eigenvalue weighted by atomic mass is 9.88. The van der Waals surface area contributed by atoms with Crippen LogP contribution in [0.1, 0.15) is 66.1 Å². The summed E-state index contributed by atoms with van der Waals surface area (Å²) in [6.07, 6.45) is 0.401. The summed E-state index contributed by atoms with van der Waals surface area (Å²) in [5.41, 5.74) is -1.50. The molecule has 4 heterocycles. The highest BCUT2D eigenvalue weighted by Gasteiger charge is 2.54. The number of benzene rings is 2. The van der Waals surface area contributed by atoms with Gasteiger partial charge in [-0.3, -0.25) is 14.9 Å². The molecule has 1 aromatic heterocycles. The molecular weight excluding hydrogens is 567 g/mol. The van der Waals surface area contributed by atoms with E-state index in [9.17, 15) is 27.9 Å². The van der Waals surface area contributed by atoms with Crippen molar-refractivity contribution in [3.05, 3.63) is 98.7 Å². The number of halogens is 3. The number of aromatic nitrogens is 1. The van der Waals surface area contributed by atoms with E-state index in [2.05, 4.69) is 5.32 Å². The summed E-state index contributed by atoms with van der Waals surface area (Å²) in [4.78, 5) is 29.6. The normalized spacial score (nSPS) is 25.5. The van der Waals surface area contributed by atoms with E-state index in [1.807, 2.05) is 37.3 Å². The minimum Gasteiger partial charge on any atom is -0.483 e. The number of fused-ring (bicyclic) bond motifs is 5. The predicted molar refractivity (Wildman–Crippen MR) is 148 cm³/mol. The van der Waals surface area contributed by atoms with Gasteiger partial charge in [-0.2, -0.15) is 0 Å². The van der Waals surface area contributed by atoms with E-state index in [0.717, 1.165) is 5.56 Å². The van der Waals surface area contributed by atoms with Crippen molar-refractivity contribution in [1.82, 2.24) is 14.8 Å². The molecule has 0 radical (unpaired) electrons. The van der Waals surface area contributed by atoms with Crippen LogP contribution in [-0.2, 0) is 22.6 Å². The standard InChI is InChI=1S/C31H32F3N3O6/c1-17-8-9-31(16-42-18(2)43-31)25-14-36(17)30(40)26-28(41-15-19-6-4-3-5-7-19)27(38)22(13-37(25)26)29(39)35-12-21-23(33)10-20(32)11-24(21)34/h3-7,10-11,13,17-18,25,29,35,39H,8-9,12,14-16H2,1-2H3/t17-,18?,25?,29?,31-/m0/s1. The molecule has 5 atom stereocenters. The number of nitrogens with one attached hydrogen (secondary N) is 1. The van der Waals surface area contributed by atoms with Crippen LogP contribution >= 0.6 is 0 Å². The van der Waals surface area contributed by atoms with Crippen LogP contribution in [0, 0.1) is 17.5 Å². The number of carbonyl (C=O) groups excluding carboxylic acids is 1.